The van der Waals surface area contributed by atoms with Gasteiger partial charge in [0, 0.05) is 0 Å². The Morgan fingerprint density at radius 3 is 2.62 bits per heavy atom. The SMILES string of the molecule is COC(=O)Cc1ccc(S(=O)(=O)N[C@@H]2CONC2=O)cc1. The van der Waals surface area contributed by atoms with Crippen molar-refractivity contribution in [2.24, 2.45) is 0 Å². The number of methoxy groups -OCH3 is 1. The Hall–Kier alpha value is -1.97. The summed E-state index contributed by atoms with van der Waals surface area (Å²) in [6, 6.07) is 4.78. The minimum absolute atomic E-state index is 0.00387. The molecular formula is C12H14N2O6S. The highest BCUT2D eigenvalue weighted by Gasteiger charge is 2.30. The van der Waals surface area contributed by atoms with Crippen molar-refractivity contribution in [2.75, 3.05) is 13.7 Å². The molecule has 0 radical (unpaired) electrons. The fraction of sp³-hybridized carbons (Fsp3) is 0.333. The van der Waals surface area contributed by atoms with Crippen LogP contribution in [-0.4, -0.2) is 40.1 Å². The lowest BCUT2D eigenvalue weighted by Gasteiger charge is -2.10. The quantitative estimate of drug-likeness (QED) is 0.682. The zero-order valence-electron chi connectivity index (χ0n) is 11.2. The molecule has 1 aliphatic rings. The largest absolute Gasteiger partial charge is 0.469 e. The van der Waals surface area contributed by atoms with Crippen molar-refractivity contribution in [1.82, 2.24) is 10.2 Å². The molecule has 1 amide bonds. The molecule has 1 aliphatic heterocycles. The van der Waals surface area contributed by atoms with E-state index in [0.717, 1.165) is 0 Å². The maximum Gasteiger partial charge on any atom is 0.309 e. The molecule has 1 heterocycles. The second-order valence-electron chi connectivity index (χ2n) is 4.35. The number of sulfonamides is 1. The summed E-state index contributed by atoms with van der Waals surface area (Å²) in [5.74, 6) is -0.954. The van der Waals surface area contributed by atoms with Gasteiger partial charge >= 0.3 is 5.97 Å². The van der Waals surface area contributed by atoms with Gasteiger partial charge in [0.25, 0.3) is 5.91 Å². The molecule has 0 bridgehead atoms. The van der Waals surface area contributed by atoms with Crippen LogP contribution in [0.1, 0.15) is 5.56 Å². The number of nitrogens with one attached hydrogen (secondary N) is 2. The average molecular weight is 314 g/mol. The molecule has 9 heteroatoms. The second-order valence-corrected chi connectivity index (χ2v) is 6.06. The average Bonchev–Trinajstić information content (AvgIpc) is 2.84. The number of hydrogen-bond donors (Lipinski definition) is 2. The number of ether oxygens (including phenoxy) is 1. The third-order valence-electron chi connectivity index (χ3n) is 2.85. The molecule has 1 fully saturated rings. The lowest BCUT2D eigenvalue weighted by molar-refractivity contribution is -0.139. The van der Waals surface area contributed by atoms with E-state index in [1.807, 2.05) is 0 Å². The normalized spacial score (nSPS) is 18.3. The predicted octanol–water partition coefficient (Wildman–Crippen LogP) is -0.890. The summed E-state index contributed by atoms with van der Waals surface area (Å²) >= 11 is 0. The molecular weight excluding hydrogens is 300 g/mol. The lowest BCUT2D eigenvalue weighted by Crippen LogP contribution is -2.41. The molecule has 1 aromatic rings. The van der Waals surface area contributed by atoms with Gasteiger partial charge in [0.05, 0.1) is 18.4 Å². The van der Waals surface area contributed by atoms with Gasteiger partial charge < -0.3 is 4.74 Å². The number of hydrogen-bond acceptors (Lipinski definition) is 6. The molecule has 2 rings (SSSR count). The fourth-order valence-electron chi connectivity index (χ4n) is 1.71. The first kappa shape index (κ1) is 15.4. The van der Waals surface area contributed by atoms with Crippen molar-refractivity contribution < 1.29 is 27.6 Å². The van der Waals surface area contributed by atoms with Crippen molar-refractivity contribution in [2.45, 2.75) is 17.4 Å². The first-order valence-electron chi connectivity index (χ1n) is 6.02. The van der Waals surface area contributed by atoms with Gasteiger partial charge in [0.2, 0.25) is 10.0 Å². The number of carbonyl (C=O) groups excluding carboxylic acids is 2. The molecule has 1 saturated heterocycles. The van der Waals surface area contributed by atoms with E-state index in [-0.39, 0.29) is 17.9 Å². The molecule has 2 N–H and O–H groups in total. The molecule has 0 unspecified atom stereocenters. The highest BCUT2D eigenvalue weighted by atomic mass is 32.2. The molecule has 114 valence electrons. The molecule has 0 aromatic heterocycles. The van der Waals surface area contributed by atoms with E-state index in [0.29, 0.717) is 5.56 Å². The van der Waals surface area contributed by atoms with E-state index in [2.05, 4.69) is 19.8 Å². The Labute approximate surface area is 121 Å². The van der Waals surface area contributed by atoms with Crippen molar-refractivity contribution in [3.05, 3.63) is 29.8 Å². The van der Waals surface area contributed by atoms with Crippen molar-refractivity contribution in [3.63, 3.8) is 0 Å². The molecule has 0 spiro atoms. The van der Waals surface area contributed by atoms with Gasteiger partial charge in [-0.15, -0.1) is 0 Å². The molecule has 1 atom stereocenters. The Balaban J connectivity index is 2.09. The summed E-state index contributed by atoms with van der Waals surface area (Å²) in [6.45, 7) is -0.0709. The Kier molecular flexibility index (Phi) is 4.56. The van der Waals surface area contributed by atoms with Crippen LogP contribution in [0.2, 0.25) is 0 Å². The standard InChI is InChI=1S/C12H14N2O6S/c1-19-11(15)6-8-2-4-9(5-3-8)21(17,18)14-10-7-20-13-12(10)16/h2-5,10,14H,6-7H2,1H3,(H,13,16)/t10-/m1/s1. The van der Waals surface area contributed by atoms with Crippen LogP contribution < -0.4 is 10.2 Å². The minimum atomic E-state index is -3.83. The Bertz CT molecular complexity index is 640. The summed E-state index contributed by atoms with van der Waals surface area (Å²) in [7, 11) is -2.56. The topological polar surface area (TPSA) is 111 Å². The van der Waals surface area contributed by atoms with Gasteiger partial charge in [0.15, 0.2) is 0 Å². The smallest absolute Gasteiger partial charge is 0.309 e. The number of rotatable bonds is 5. The molecule has 8 nitrogen and oxygen atoms in total. The number of carbonyl (C=O) groups is 2. The summed E-state index contributed by atoms with van der Waals surface area (Å²) in [4.78, 5) is 27.0. The Morgan fingerprint density at radius 1 is 1.43 bits per heavy atom. The number of esters is 1. The van der Waals surface area contributed by atoms with Gasteiger partial charge in [-0.1, -0.05) is 12.1 Å². The maximum absolute atomic E-state index is 12.1. The highest BCUT2D eigenvalue weighted by Crippen LogP contribution is 2.12. The number of benzene rings is 1. The van der Waals surface area contributed by atoms with Crippen LogP contribution in [0.25, 0.3) is 0 Å². The van der Waals surface area contributed by atoms with Gasteiger partial charge in [0.1, 0.15) is 12.6 Å². The third-order valence-corrected chi connectivity index (χ3v) is 4.33. The van der Waals surface area contributed by atoms with Gasteiger partial charge in [-0.2, -0.15) is 4.72 Å². The van der Waals surface area contributed by atoms with E-state index in [4.69, 9.17) is 0 Å². The van der Waals surface area contributed by atoms with Crippen LogP contribution in [0, 0.1) is 0 Å². The monoisotopic (exact) mass is 314 g/mol. The van der Waals surface area contributed by atoms with E-state index >= 15 is 0 Å². The Morgan fingerprint density at radius 2 is 2.10 bits per heavy atom. The van der Waals surface area contributed by atoms with E-state index in [1.165, 1.54) is 31.4 Å². The number of hydroxylamine groups is 1. The first-order valence-corrected chi connectivity index (χ1v) is 7.50. The van der Waals surface area contributed by atoms with E-state index in [1.54, 1.807) is 0 Å². The molecule has 1 aromatic carbocycles. The summed E-state index contributed by atoms with van der Waals surface area (Å²) in [6.07, 6.45) is 0.0587. The van der Waals surface area contributed by atoms with E-state index < -0.39 is 27.9 Å². The first-order chi connectivity index (χ1) is 9.92. The maximum atomic E-state index is 12.1. The van der Waals surface area contributed by atoms with Crippen LogP contribution in [0.3, 0.4) is 0 Å². The molecule has 21 heavy (non-hydrogen) atoms. The lowest BCUT2D eigenvalue weighted by atomic mass is 10.2. The minimum Gasteiger partial charge on any atom is -0.469 e. The summed E-state index contributed by atoms with van der Waals surface area (Å²) < 4.78 is 30.9. The highest BCUT2D eigenvalue weighted by molar-refractivity contribution is 7.89. The van der Waals surface area contributed by atoms with Gasteiger partial charge in [-0.3, -0.25) is 14.4 Å². The fourth-order valence-corrected chi connectivity index (χ4v) is 2.89. The van der Waals surface area contributed by atoms with Crippen LogP contribution >= 0.6 is 0 Å². The third kappa shape index (κ3) is 3.78. The molecule has 0 aliphatic carbocycles. The van der Waals surface area contributed by atoms with Crippen LogP contribution in [0.4, 0.5) is 0 Å². The number of amides is 1. The van der Waals surface area contributed by atoms with Crippen LogP contribution in [0.5, 0.6) is 0 Å². The van der Waals surface area contributed by atoms with E-state index in [9.17, 15) is 18.0 Å². The van der Waals surface area contributed by atoms with Crippen molar-refractivity contribution in [1.29, 1.82) is 0 Å². The zero-order valence-corrected chi connectivity index (χ0v) is 12.0. The van der Waals surface area contributed by atoms with Crippen molar-refractivity contribution in [3.8, 4) is 0 Å². The van der Waals surface area contributed by atoms with Gasteiger partial charge in [-0.25, -0.2) is 13.9 Å². The van der Waals surface area contributed by atoms with Gasteiger partial charge in [-0.05, 0) is 17.7 Å². The molecule has 0 saturated carbocycles. The van der Waals surface area contributed by atoms with Crippen LogP contribution in [0.15, 0.2) is 29.2 Å². The predicted molar refractivity (Wildman–Crippen MR) is 70.4 cm³/mol. The van der Waals surface area contributed by atoms with Crippen molar-refractivity contribution >= 4 is 21.9 Å². The zero-order chi connectivity index (χ0) is 15.5. The van der Waals surface area contributed by atoms with Crippen LogP contribution in [-0.2, 0) is 35.6 Å². The second kappa shape index (κ2) is 6.20. The summed E-state index contributed by atoms with van der Waals surface area (Å²) in [5, 5.41) is 0. The summed E-state index contributed by atoms with van der Waals surface area (Å²) in [5.41, 5.74) is 2.69.